The molecule has 0 fully saturated rings. The number of ether oxygens (including phenoxy) is 1. The van der Waals surface area contributed by atoms with E-state index in [-0.39, 0.29) is 0 Å². The zero-order valence-corrected chi connectivity index (χ0v) is 14.5. The van der Waals surface area contributed by atoms with Gasteiger partial charge in [0.15, 0.2) is 0 Å². The normalized spacial score (nSPS) is 11.4. The maximum absolute atomic E-state index is 13.2. The van der Waals surface area contributed by atoms with Gasteiger partial charge in [-0.3, -0.25) is 0 Å². The van der Waals surface area contributed by atoms with Gasteiger partial charge in [0.2, 0.25) is 0 Å². The minimum atomic E-state index is -0.410. The van der Waals surface area contributed by atoms with Gasteiger partial charge in [-0.1, -0.05) is 36.4 Å². The van der Waals surface area contributed by atoms with Gasteiger partial charge in [0.05, 0.1) is 23.8 Å². The highest BCUT2D eigenvalue weighted by atomic mass is 16.5. The average molecular weight is 357 g/mol. The fraction of sp³-hybridized carbons (Fsp3) is 0.0476. The molecule has 132 valence electrons. The van der Waals surface area contributed by atoms with E-state index in [1.807, 2.05) is 36.4 Å². The number of fused-ring (bicyclic) bond motifs is 6. The molecule has 0 radical (unpaired) electrons. The van der Waals surface area contributed by atoms with Gasteiger partial charge in [0.25, 0.3) is 0 Å². The molecule has 5 aromatic rings. The first-order valence-corrected chi connectivity index (χ1v) is 8.51. The zero-order valence-electron chi connectivity index (χ0n) is 14.5. The van der Waals surface area contributed by atoms with E-state index in [1.54, 1.807) is 43.5 Å². The maximum atomic E-state index is 13.2. The quantitative estimate of drug-likeness (QED) is 0.457. The van der Waals surface area contributed by atoms with E-state index < -0.39 is 11.4 Å². The van der Waals surface area contributed by atoms with Gasteiger partial charge in [0, 0.05) is 10.8 Å². The third-order valence-electron chi connectivity index (χ3n) is 4.81. The highest BCUT2D eigenvalue weighted by Gasteiger charge is 2.18. The molecule has 2 aromatic heterocycles. The van der Waals surface area contributed by atoms with Crippen molar-refractivity contribution in [3.63, 3.8) is 0 Å². The van der Waals surface area contributed by atoms with Crippen LogP contribution in [0.3, 0.4) is 0 Å². The first kappa shape index (κ1) is 15.5. The van der Waals surface area contributed by atoms with Gasteiger partial charge in [-0.2, -0.15) is 9.03 Å². The van der Waals surface area contributed by atoms with Crippen LogP contribution in [-0.2, 0) is 0 Å². The Morgan fingerprint density at radius 2 is 1.33 bits per heavy atom. The number of nitrogens with zero attached hydrogens (tertiary/aromatic N) is 3. The predicted octanol–water partition coefficient (Wildman–Crippen LogP) is 2.86. The van der Waals surface area contributed by atoms with Crippen LogP contribution in [-0.4, -0.2) is 20.7 Å². The van der Waals surface area contributed by atoms with Crippen LogP contribution in [0.2, 0.25) is 0 Å². The molecule has 0 saturated carbocycles. The van der Waals surface area contributed by atoms with Gasteiger partial charge in [0.1, 0.15) is 5.75 Å². The van der Waals surface area contributed by atoms with Crippen molar-refractivity contribution in [3.8, 4) is 11.4 Å². The number of hydrogen-bond acceptors (Lipinski definition) is 3. The molecule has 6 nitrogen and oxygen atoms in total. The summed E-state index contributed by atoms with van der Waals surface area (Å²) in [5.74, 6) is 0.690. The lowest BCUT2D eigenvalue weighted by Crippen LogP contribution is -2.25. The summed E-state index contributed by atoms with van der Waals surface area (Å²) in [4.78, 5) is 26.4. The topological polar surface area (TPSA) is 57.1 Å². The van der Waals surface area contributed by atoms with Gasteiger partial charge in [-0.05, 0) is 36.4 Å². The Morgan fingerprint density at radius 1 is 0.704 bits per heavy atom. The Morgan fingerprint density at radius 3 is 2.04 bits per heavy atom. The van der Waals surface area contributed by atoms with Crippen LogP contribution in [0, 0.1) is 0 Å². The molecule has 0 N–H and O–H groups in total. The molecule has 0 bridgehead atoms. The van der Waals surface area contributed by atoms with Crippen molar-refractivity contribution in [2.75, 3.05) is 7.11 Å². The molecule has 0 atom stereocenters. The zero-order chi connectivity index (χ0) is 18.5. The van der Waals surface area contributed by atoms with Crippen molar-refractivity contribution >= 4 is 21.8 Å². The molecule has 0 unspecified atom stereocenters. The number of para-hydroxylation sites is 2. The van der Waals surface area contributed by atoms with E-state index >= 15 is 0 Å². The first-order chi connectivity index (χ1) is 13.2. The van der Waals surface area contributed by atoms with Gasteiger partial charge < -0.3 is 4.74 Å². The van der Waals surface area contributed by atoms with Crippen molar-refractivity contribution in [2.24, 2.45) is 0 Å². The molecule has 27 heavy (non-hydrogen) atoms. The molecule has 0 aliphatic carbocycles. The van der Waals surface area contributed by atoms with E-state index in [0.717, 1.165) is 10.8 Å². The van der Waals surface area contributed by atoms with Crippen LogP contribution >= 0.6 is 0 Å². The van der Waals surface area contributed by atoms with Crippen molar-refractivity contribution in [2.45, 2.75) is 0 Å². The molecular weight excluding hydrogens is 342 g/mol. The van der Waals surface area contributed by atoms with E-state index in [1.165, 1.54) is 13.6 Å². The van der Waals surface area contributed by atoms with Crippen molar-refractivity contribution < 1.29 is 4.74 Å². The highest BCUT2D eigenvalue weighted by molar-refractivity contribution is 6.04. The van der Waals surface area contributed by atoms with Gasteiger partial charge in [-0.25, -0.2) is 14.2 Å². The van der Waals surface area contributed by atoms with Crippen LogP contribution in [0.1, 0.15) is 0 Å². The summed E-state index contributed by atoms with van der Waals surface area (Å²) in [6.45, 7) is 0. The highest BCUT2D eigenvalue weighted by Crippen LogP contribution is 2.27. The Kier molecular flexibility index (Phi) is 3.21. The lowest BCUT2D eigenvalue weighted by molar-refractivity contribution is 0.415. The van der Waals surface area contributed by atoms with E-state index in [4.69, 9.17) is 4.74 Å². The largest absolute Gasteiger partial charge is 0.497 e. The second-order valence-corrected chi connectivity index (χ2v) is 6.26. The van der Waals surface area contributed by atoms with Crippen molar-refractivity contribution in [1.29, 1.82) is 0 Å². The third kappa shape index (κ3) is 2.07. The first-order valence-electron chi connectivity index (χ1n) is 8.51. The Labute approximate surface area is 153 Å². The SMILES string of the molecule is COc1ccc2c(c1)c1ccccc1n1c(=O)n(-c3ccccc3)c(=O)n21. The fourth-order valence-corrected chi connectivity index (χ4v) is 3.59. The Balaban J connectivity index is 2.09. The summed E-state index contributed by atoms with van der Waals surface area (Å²) in [5.41, 5.74) is 1.03. The van der Waals surface area contributed by atoms with Crippen LogP contribution in [0.25, 0.3) is 27.5 Å². The van der Waals surface area contributed by atoms with Crippen molar-refractivity contribution in [3.05, 3.63) is 93.8 Å². The van der Waals surface area contributed by atoms with Gasteiger partial charge >= 0.3 is 11.4 Å². The lowest BCUT2D eigenvalue weighted by Gasteiger charge is -2.09. The Bertz CT molecular complexity index is 1440. The van der Waals surface area contributed by atoms with E-state index in [0.29, 0.717) is 22.5 Å². The molecular formula is C21H15N3O3. The molecule has 0 saturated heterocycles. The predicted molar refractivity (Wildman–Crippen MR) is 104 cm³/mol. The number of aromatic nitrogens is 3. The Hall–Kier alpha value is -3.80. The molecule has 5 rings (SSSR count). The monoisotopic (exact) mass is 357 g/mol. The minimum Gasteiger partial charge on any atom is -0.497 e. The van der Waals surface area contributed by atoms with E-state index in [9.17, 15) is 9.59 Å². The summed E-state index contributed by atoms with van der Waals surface area (Å²) >= 11 is 0. The molecule has 6 heteroatoms. The summed E-state index contributed by atoms with van der Waals surface area (Å²) in [6, 6.07) is 22.0. The third-order valence-corrected chi connectivity index (χ3v) is 4.81. The average Bonchev–Trinajstić information content (AvgIpc) is 2.99. The smallest absolute Gasteiger partial charge is 0.356 e. The number of rotatable bonds is 2. The second-order valence-electron chi connectivity index (χ2n) is 6.26. The maximum Gasteiger partial charge on any atom is 0.356 e. The molecule has 3 aromatic carbocycles. The summed E-state index contributed by atoms with van der Waals surface area (Å²) in [5, 5.41) is 1.72. The van der Waals surface area contributed by atoms with E-state index in [2.05, 4.69) is 0 Å². The molecule has 0 aliphatic heterocycles. The molecule has 2 heterocycles. The molecule has 0 spiro atoms. The lowest BCUT2D eigenvalue weighted by atomic mass is 10.1. The van der Waals surface area contributed by atoms with Crippen molar-refractivity contribution in [1.82, 2.24) is 13.6 Å². The van der Waals surface area contributed by atoms with Gasteiger partial charge in [-0.15, -0.1) is 0 Å². The molecule has 0 aliphatic rings. The standard InChI is InChI=1S/C21H15N3O3/c1-27-15-11-12-19-17(13-15)16-9-5-6-10-18(16)23-20(25)22(21(26)24(19)23)14-7-3-2-4-8-14/h2-13H,1H3. The summed E-state index contributed by atoms with van der Waals surface area (Å²) < 4.78 is 9.39. The number of benzene rings is 3. The summed E-state index contributed by atoms with van der Waals surface area (Å²) in [7, 11) is 1.60. The van der Waals surface area contributed by atoms with Crippen LogP contribution < -0.4 is 16.1 Å². The fourth-order valence-electron chi connectivity index (χ4n) is 3.59. The number of methoxy groups -OCH3 is 1. The number of hydrogen-bond donors (Lipinski definition) is 0. The second kappa shape index (κ2) is 5.60. The summed E-state index contributed by atoms with van der Waals surface area (Å²) in [6.07, 6.45) is 0. The van der Waals surface area contributed by atoms with Crippen LogP contribution in [0.5, 0.6) is 5.75 Å². The van der Waals surface area contributed by atoms with Crippen LogP contribution in [0.4, 0.5) is 0 Å². The molecule has 0 amide bonds. The minimum absolute atomic E-state index is 0.403. The van der Waals surface area contributed by atoms with Crippen LogP contribution in [0.15, 0.2) is 82.4 Å².